The van der Waals surface area contributed by atoms with Gasteiger partial charge in [0, 0.05) is 21.5 Å². The molecular weight excluding hydrogens is 589 g/mol. The van der Waals surface area contributed by atoms with Gasteiger partial charge in [-0.2, -0.15) is 0 Å². The minimum atomic E-state index is -0.821. The topological polar surface area (TPSA) is 97.7 Å². The lowest BCUT2D eigenvalue weighted by atomic mass is 9.83. The van der Waals surface area contributed by atoms with Gasteiger partial charge in [-0.05, 0) is 66.2 Å². The number of imide groups is 1. The number of carbonyl (C=O) groups is 3. The van der Waals surface area contributed by atoms with Crippen molar-refractivity contribution in [1.29, 1.82) is 0 Å². The molecule has 1 fully saturated rings. The summed E-state index contributed by atoms with van der Waals surface area (Å²) in [6, 6.07) is 18.9. The second-order valence-electron chi connectivity index (χ2n) is 9.48. The summed E-state index contributed by atoms with van der Waals surface area (Å²) in [5.74, 6) is -2.49. The molecule has 3 atom stereocenters. The van der Waals surface area contributed by atoms with Crippen molar-refractivity contribution in [3.63, 3.8) is 0 Å². The molecule has 41 heavy (non-hydrogen) atoms. The summed E-state index contributed by atoms with van der Waals surface area (Å²) in [5.41, 5.74) is 1.53. The number of thioether (sulfide) groups is 1. The molecule has 12 heteroatoms. The van der Waals surface area contributed by atoms with Gasteiger partial charge in [0.2, 0.25) is 17.7 Å². The highest BCUT2D eigenvalue weighted by Crippen LogP contribution is 2.54. The summed E-state index contributed by atoms with van der Waals surface area (Å²) in [7, 11) is 1.53. The van der Waals surface area contributed by atoms with E-state index in [1.54, 1.807) is 48.5 Å². The zero-order chi connectivity index (χ0) is 28.8. The highest BCUT2D eigenvalue weighted by atomic mass is 35.5. The van der Waals surface area contributed by atoms with E-state index < -0.39 is 34.7 Å². The van der Waals surface area contributed by atoms with Crippen LogP contribution in [0.25, 0.3) is 0 Å². The minimum absolute atomic E-state index is 0.315. The maximum absolute atomic E-state index is 13.9. The number of ether oxygens (including phenoxy) is 1. The molecule has 6 rings (SSSR count). The molecule has 1 aromatic heterocycles. The van der Waals surface area contributed by atoms with Crippen molar-refractivity contribution in [2.75, 3.05) is 17.3 Å². The first-order chi connectivity index (χ1) is 19.7. The van der Waals surface area contributed by atoms with Crippen LogP contribution >= 0.6 is 34.7 Å². The van der Waals surface area contributed by atoms with Gasteiger partial charge in [0.1, 0.15) is 23.4 Å². The van der Waals surface area contributed by atoms with E-state index in [2.05, 4.69) is 5.32 Å². The van der Waals surface area contributed by atoms with Crippen molar-refractivity contribution in [2.24, 2.45) is 5.92 Å². The Morgan fingerprint density at radius 3 is 2.32 bits per heavy atom. The Morgan fingerprint density at radius 1 is 0.976 bits per heavy atom. The van der Waals surface area contributed by atoms with Gasteiger partial charge in [-0.1, -0.05) is 46.8 Å². The van der Waals surface area contributed by atoms with Gasteiger partial charge >= 0.3 is 4.87 Å². The number of fused-ring (bicyclic) bond motifs is 2. The fourth-order valence-electron chi connectivity index (χ4n) is 5.15. The smallest absolute Gasteiger partial charge is 0.308 e. The molecule has 208 valence electrons. The summed E-state index contributed by atoms with van der Waals surface area (Å²) in [6.45, 7) is -0.315. The first-order valence-corrected chi connectivity index (χ1v) is 14.6. The van der Waals surface area contributed by atoms with Crippen LogP contribution in [0.15, 0.2) is 82.6 Å². The number of aromatic nitrogens is 1. The van der Waals surface area contributed by atoms with Crippen molar-refractivity contribution in [1.82, 2.24) is 4.57 Å². The zero-order valence-corrected chi connectivity index (χ0v) is 23.8. The van der Waals surface area contributed by atoms with Crippen molar-refractivity contribution < 1.29 is 23.5 Å². The Hall–Kier alpha value is -3.93. The molecule has 1 saturated heterocycles. The van der Waals surface area contributed by atoms with Gasteiger partial charge in [-0.3, -0.25) is 23.7 Å². The molecule has 0 unspecified atom stereocenters. The van der Waals surface area contributed by atoms with Gasteiger partial charge in [0.25, 0.3) is 0 Å². The number of hydrogen-bond donors (Lipinski definition) is 1. The highest BCUT2D eigenvalue weighted by Gasteiger charge is 2.56. The molecular formula is C29H21ClFN3O5S2. The van der Waals surface area contributed by atoms with Gasteiger partial charge in [0.05, 0.1) is 23.7 Å². The van der Waals surface area contributed by atoms with E-state index in [9.17, 15) is 23.6 Å². The lowest BCUT2D eigenvalue weighted by molar-refractivity contribution is -0.122. The first kappa shape index (κ1) is 27.3. The molecule has 0 radical (unpaired) electrons. The van der Waals surface area contributed by atoms with Crippen molar-refractivity contribution in [3.05, 3.63) is 104 Å². The van der Waals surface area contributed by atoms with Crippen molar-refractivity contribution in [2.45, 2.75) is 22.7 Å². The van der Waals surface area contributed by atoms with E-state index in [-0.39, 0.29) is 17.3 Å². The monoisotopic (exact) mass is 609 g/mol. The van der Waals surface area contributed by atoms with Crippen LogP contribution in [0.2, 0.25) is 5.02 Å². The molecule has 8 nitrogen and oxygen atoms in total. The number of methoxy groups -OCH3 is 1. The SMILES string of the molecule is COc1ccc(N2C(=O)[C@H]3[C@H](c4ccc(Cl)cc4)c4sc(=O)n(CC(=O)Nc5ccc(F)cc5)c4S[C@H]3C2=O)cc1. The maximum Gasteiger partial charge on any atom is 0.308 e. The number of anilines is 2. The number of halogens is 2. The Balaban J connectivity index is 1.39. The van der Waals surface area contributed by atoms with E-state index in [0.29, 0.717) is 32.1 Å². The van der Waals surface area contributed by atoms with Crippen LogP contribution in [0.5, 0.6) is 5.75 Å². The van der Waals surface area contributed by atoms with Gasteiger partial charge < -0.3 is 10.1 Å². The lowest BCUT2D eigenvalue weighted by Gasteiger charge is -2.30. The Labute approximate surface area is 246 Å². The van der Waals surface area contributed by atoms with E-state index in [4.69, 9.17) is 16.3 Å². The Bertz CT molecular complexity index is 1720. The molecule has 0 spiro atoms. The molecule has 0 bridgehead atoms. The van der Waals surface area contributed by atoms with E-state index in [1.165, 1.54) is 40.8 Å². The Kier molecular flexibility index (Phi) is 7.18. The van der Waals surface area contributed by atoms with Gasteiger partial charge in [-0.25, -0.2) is 9.29 Å². The van der Waals surface area contributed by atoms with Crippen LogP contribution in [0, 0.1) is 11.7 Å². The van der Waals surface area contributed by atoms with Gasteiger partial charge in [-0.15, -0.1) is 0 Å². The van der Waals surface area contributed by atoms with Crippen molar-refractivity contribution >= 4 is 63.8 Å². The highest BCUT2D eigenvalue weighted by molar-refractivity contribution is 8.00. The number of carbonyl (C=O) groups excluding carboxylic acids is 3. The minimum Gasteiger partial charge on any atom is -0.497 e. The molecule has 4 aromatic rings. The van der Waals surface area contributed by atoms with E-state index >= 15 is 0 Å². The summed E-state index contributed by atoms with van der Waals surface area (Å²) in [4.78, 5) is 55.3. The zero-order valence-electron chi connectivity index (χ0n) is 21.4. The van der Waals surface area contributed by atoms with E-state index in [1.807, 2.05) is 0 Å². The van der Waals surface area contributed by atoms with Crippen LogP contribution < -0.4 is 19.8 Å². The number of hydrogen-bond acceptors (Lipinski definition) is 7. The van der Waals surface area contributed by atoms with Crippen LogP contribution in [0.3, 0.4) is 0 Å². The average molecular weight is 610 g/mol. The average Bonchev–Trinajstić information content (AvgIpc) is 3.41. The third-order valence-electron chi connectivity index (χ3n) is 7.04. The fourth-order valence-corrected chi connectivity index (χ4v) is 8.05. The quantitative estimate of drug-likeness (QED) is 0.304. The van der Waals surface area contributed by atoms with Crippen LogP contribution in [0.1, 0.15) is 16.4 Å². The lowest BCUT2D eigenvalue weighted by Crippen LogP contribution is -2.33. The second kappa shape index (κ2) is 10.8. The summed E-state index contributed by atoms with van der Waals surface area (Å²) < 4.78 is 19.8. The summed E-state index contributed by atoms with van der Waals surface area (Å²) in [5, 5.41) is 2.82. The Morgan fingerprint density at radius 2 is 1.66 bits per heavy atom. The largest absolute Gasteiger partial charge is 0.497 e. The van der Waals surface area contributed by atoms with Crippen molar-refractivity contribution in [3.8, 4) is 5.75 Å². The number of thiazole rings is 1. The molecule has 1 N–H and O–H groups in total. The molecule has 0 saturated carbocycles. The molecule has 2 aliphatic heterocycles. The molecule has 3 aromatic carbocycles. The number of benzene rings is 3. The standard InChI is InChI=1S/C29H21ClFN3O5S2/c1-39-20-12-10-19(11-13-20)34-26(36)23-22(15-2-4-16(30)5-3-15)25-28(40-24(23)27(34)37)33(29(38)41-25)14-21(35)32-18-8-6-17(31)7-9-18/h2-13,22-24H,14H2,1H3,(H,32,35)/t22-,23-,24+/m0/s1. The second-order valence-corrected chi connectivity index (χ2v) is 12.0. The van der Waals surface area contributed by atoms with E-state index in [0.717, 1.165) is 28.7 Å². The predicted octanol–water partition coefficient (Wildman–Crippen LogP) is 5.15. The third kappa shape index (κ3) is 4.94. The fraction of sp³-hybridized carbons (Fsp3) is 0.172. The molecule has 3 heterocycles. The number of rotatable bonds is 6. The number of nitrogens with zero attached hydrogens (tertiary/aromatic N) is 2. The maximum atomic E-state index is 13.9. The van der Waals surface area contributed by atoms with Crippen LogP contribution in [-0.4, -0.2) is 34.6 Å². The third-order valence-corrected chi connectivity index (χ3v) is 9.89. The summed E-state index contributed by atoms with van der Waals surface area (Å²) in [6.07, 6.45) is 0. The van der Waals surface area contributed by atoms with Gasteiger partial charge in [0.15, 0.2) is 0 Å². The van der Waals surface area contributed by atoms with Crippen LogP contribution in [0.4, 0.5) is 15.8 Å². The van der Waals surface area contributed by atoms with Crippen LogP contribution in [-0.2, 0) is 20.9 Å². The number of nitrogens with one attached hydrogen (secondary N) is 1. The number of amides is 3. The molecule has 2 aliphatic rings. The first-order valence-electron chi connectivity index (χ1n) is 12.5. The molecule has 0 aliphatic carbocycles. The predicted molar refractivity (Wildman–Crippen MR) is 156 cm³/mol. The molecule has 3 amide bonds. The summed E-state index contributed by atoms with van der Waals surface area (Å²) >= 11 is 8.22. The normalized spacial score (nSPS) is 19.6.